The first-order chi connectivity index (χ1) is 8.19. The molecule has 3 nitrogen and oxygen atoms in total. The fourth-order valence-electron chi connectivity index (χ4n) is 1.61. The molecule has 0 aromatic heterocycles. The molecule has 0 spiro atoms. The van der Waals surface area contributed by atoms with Crippen LogP contribution in [0, 0.1) is 5.82 Å². The van der Waals surface area contributed by atoms with Gasteiger partial charge in [0.1, 0.15) is 5.82 Å². The molecule has 1 aromatic carbocycles. The van der Waals surface area contributed by atoms with Gasteiger partial charge in [0.15, 0.2) is 0 Å². The van der Waals surface area contributed by atoms with E-state index in [1.54, 1.807) is 12.1 Å². The van der Waals surface area contributed by atoms with Crippen LogP contribution < -0.4 is 5.32 Å². The van der Waals surface area contributed by atoms with Crippen LogP contribution in [-0.4, -0.2) is 37.0 Å². The van der Waals surface area contributed by atoms with E-state index < -0.39 is 5.82 Å². The molecule has 0 unspecified atom stereocenters. The second-order valence-electron chi connectivity index (χ2n) is 3.76. The van der Waals surface area contributed by atoms with Gasteiger partial charge in [-0.25, -0.2) is 4.39 Å². The Kier molecular flexibility index (Phi) is 5.63. The third-order valence-electron chi connectivity index (χ3n) is 2.73. The van der Waals surface area contributed by atoms with Crippen LogP contribution in [0.5, 0.6) is 0 Å². The molecular weight excluding hydrogens is 219 g/mol. The first kappa shape index (κ1) is 13.6. The van der Waals surface area contributed by atoms with Crippen LogP contribution in [0.4, 0.5) is 4.39 Å². The molecule has 0 aliphatic rings. The lowest BCUT2D eigenvalue weighted by atomic mass is 10.2. The Bertz CT molecular complexity index is 364. The molecule has 0 aliphatic carbocycles. The molecule has 0 radical (unpaired) electrons. The summed E-state index contributed by atoms with van der Waals surface area (Å²) in [6.07, 6.45) is 0. The first-order valence-corrected chi connectivity index (χ1v) is 5.94. The molecule has 4 heteroatoms. The van der Waals surface area contributed by atoms with E-state index in [1.165, 1.54) is 12.1 Å². The summed E-state index contributed by atoms with van der Waals surface area (Å²) in [6.45, 7) is 7.37. The Morgan fingerprint density at radius 2 is 1.94 bits per heavy atom. The minimum absolute atomic E-state index is 0.104. The normalized spacial score (nSPS) is 10.6. The molecule has 1 N–H and O–H groups in total. The first-order valence-electron chi connectivity index (χ1n) is 5.94. The molecule has 0 bridgehead atoms. The predicted octanol–water partition coefficient (Wildman–Crippen LogP) is 1.90. The second kappa shape index (κ2) is 7.01. The third-order valence-corrected chi connectivity index (χ3v) is 2.73. The fraction of sp³-hybridized carbons (Fsp3) is 0.462. The Labute approximate surface area is 102 Å². The maximum atomic E-state index is 13.3. The maximum Gasteiger partial charge on any atom is 0.254 e. The quantitative estimate of drug-likeness (QED) is 0.821. The van der Waals surface area contributed by atoms with Crippen LogP contribution in [-0.2, 0) is 0 Å². The number of halogens is 1. The van der Waals surface area contributed by atoms with Gasteiger partial charge in [-0.2, -0.15) is 0 Å². The van der Waals surface area contributed by atoms with Crippen LogP contribution in [0.25, 0.3) is 0 Å². The number of rotatable bonds is 6. The molecule has 94 valence electrons. The van der Waals surface area contributed by atoms with Gasteiger partial charge < -0.3 is 10.2 Å². The van der Waals surface area contributed by atoms with Crippen molar-refractivity contribution in [3.8, 4) is 0 Å². The van der Waals surface area contributed by atoms with Crippen molar-refractivity contribution in [2.45, 2.75) is 13.8 Å². The maximum absolute atomic E-state index is 13.3. The number of benzene rings is 1. The summed E-state index contributed by atoms with van der Waals surface area (Å²) < 4.78 is 13.3. The van der Waals surface area contributed by atoms with Crippen molar-refractivity contribution >= 4 is 5.91 Å². The lowest BCUT2D eigenvalue weighted by Crippen LogP contribution is -2.35. The highest BCUT2D eigenvalue weighted by atomic mass is 19.1. The Hall–Kier alpha value is -1.42. The SMILES string of the molecule is CCN(CC)CCNC(=O)c1ccccc1F. The number of hydrogen-bond donors (Lipinski definition) is 1. The minimum atomic E-state index is -0.479. The fourth-order valence-corrected chi connectivity index (χ4v) is 1.61. The zero-order chi connectivity index (χ0) is 12.7. The van der Waals surface area contributed by atoms with E-state index in [0.29, 0.717) is 6.54 Å². The molecule has 1 aromatic rings. The molecule has 0 saturated carbocycles. The van der Waals surface area contributed by atoms with Gasteiger partial charge in [0.05, 0.1) is 5.56 Å². The van der Waals surface area contributed by atoms with E-state index >= 15 is 0 Å². The van der Waals surface area contributed by atoms with Crippen LogP contribution in [0.3, 0.4) is 0 Å². The third kappa shape index (κ3) is 4.15. The standard InChI is InChI=1S/C13H19FN2O/c1-3-16(4-2)10-9-15-13(17)11-7-5-6-8-12(11)14/h5-8H,3-4,9-10H2,1-2H3,(H,15,17). The van der Waals surface area contributed by atoms with Gasteiger partial charge in [-0.15, -0.1) is 0 Å². The summed E-state index contributed by atoms with van der Waals surface area (Å²) in [6, 6.07) is 6.01. The van der Waals surface area contributed by atoms with Gasteiger partial charge in [0.25, 0.3) is 5.91 Å². The van der Waals surface area contributed by atoms with E-state index in [9.17, 15) is 9.18 Å². The molecule has 0 fully saturated rings. The van der Waals surface area contributed by atoms with Crippen molar-refractivity contribution in [1.29, 1.82) is 0 Å². The summed E-state index contributed by atoms with van der Waals surface area (Å²) in [4.78, 5) is 13.9. The molecule has 0 heterocycles. The molecule has 0 aliphatic heterocycles. The van der Waals surface area contributed by atoms with E-state index in [-0.39, 0.29) is 11.5 Å². The largest absolute Gasteiger partial charge is 0.351 e. The number of carbonyl (C=O) groups is 1. The Morgan fingerprint density at radius 3 is 2.53 bits per heavy atom. The highest BCUT2D eigenvalue weighted by Gasteiger charge is 2.10. The van der Waals surface area contributed by atoms with E-state index in [0.717, 1.165) is 19.6 Å². The van der Waals surface area contributed by atoms with Crippen LogP contribution in [0.1, 0.15) is 24.2 Å². The molecule has 0 saturated heterocycles. The summed E-state index contributed by atoms with van der Waals surface area (Å²) >= 11 is 0. The van der Waals surface area contributed by atoms with Gasteiger partial charge in [-0.1, -0.05) is 26.0 Å². The zero-order valence-corrected chi connectivity index (χ0v) is 10.4. The number of hydrogen-bond acceptors (Lipinski definition) is 2. The summed E-state index contributed by atoms with van der Waals surface area (Å²) in [5.41, 5.74) is 0.104. The summed E-state index contributed by atoms with van der Waals surface area (Å²) in [7, 11) is 0. The summed E-state index contributed by atoms with van der Waals surface area (Å²) in [5, 5.41) is 2.72. The van der Waals surface area contributed by atoms with Gasteiger partial charge in [0, 0.05) is 13.1 Å². The van der Waals surface area contributed by atoms with E-state index in [2.05, 4.69) is 24.1 Å². The van der Waals surface area contributed by atoms with Crippen LogP contribution in [0.2, 0.25) is 0 Å². The Morgan fingerprint density at radius 1 is 1.29 bits per heavy atom. The van der Waals surface area contributed by atoms with Gasteiger partial charge in [-0.05, 0) is 25.2 Å². The minimum Gasteiger partial charge on any atom is -0.351 e. The predicted molar refractivity (Wildman–Crippen MR) is 66.5 cm³/mol. The van der Waals surface area contributed by atoms with Crippen molar-refractivity contribution in [2.75, 3.05) is 26.2 Å². The number of carbonyl (C=O) groups excluding carboxylic acids is 1. The topological polar surface area (TPSA) is 32.3 Å². The zero-order valence-electron chi connectivity index (χ0n) is 10.4. The number of likely N-dealkylation sites (N-methyl/N-ethyl adjacent to an activating group) is 1. The van der Waals surface area contributed by atoms with Crippen molar-refractivity contribution < 1.29 is 9.18 Å². The molecule has 17 heavy (non-hydrogen) atoms. The number of amides is 1. The van der Waals surface area contributed by atoms with Gasteiger partial charge in [-0.3, -0.25) is 4.79 Å². The summed E-state index contributed by atoms with van der Waals surface area (Å²) in [5.74, 6) is -0.830. The van der Waals surface area contributed by atoms with Crippen molar-refractivity contribution in [2.24, 2.45) is 0 Å². The van der Waals surface area contributed by atoms with Crippen molar-refractivity contribution in [3.63, 3.8) is 0 Å². The van der Waals surface area contributed by atoms with Crippen LogP contribution >= 0.6 is 0 Å². The molecular formula is C13H19FN2O. The Balaban J connectivity index is 2.43. The number of nitrogens with zero attached hydrogens (tertiary/aromatic N) is 1. The van der Waals surface area contributed by atoms with Gasteiger partial charge in [0.2, 0.25) is 0 Å². The number of nitrogens with one attached hydrogen (secondary N) is 1. The monoisotopic (exact) mass is 238 g/mol. The van der Waals surface area contributed by atoms with Crippen LogP contribution in [0.15, 0.2) is 24.3 Å². The second-order valence-corrected chi connectivity index (χ2v) is 3.76. The smallest absolute Gasteiger partial charge is 0.254 e. The molecule has 1 rings (SSSR count). The molecule has 1 amide bonds. The van der Waals surface area contributed by atoms with Crippen molar-refractivity contribution in [1.82, 2.24) is 10.2 Å². The lowest BCUT2D eigenvalue weighted by molar-refractivity contribution is 0.0945. The average molecular weight is 238 g/mol. The van der Waals surface area contributed by atoms with E-state index in [1.807, 2.05) is 0 Å². The lowest BCUT2D eigenvalue weighted by Gasteiger charge is -2.17. The highest BCUT2D eigenvalue weighted by molar-refractivity contribution is 5.94. The van der Waals surface area contributed by atoms with Gasteiger partial charge >= 0.3 is 0 Å². The van der Waals surface area contributed by atoms with Crippen molar-refractivity contribution in [3.05, 3.63) is 35.6 Å². The molecule has 0 atom stereocenters. The highest BCUT2D eigenvalue weighted by Crippen LogP contribution is 2.05. The average Bonchev–Trinajstić information content (AvgIpc) is 2.35. The van der Waals surface area contributed by atoms with E-state index in [4.69, 9.17) is 0 Å².